The van der Waals surface area contributed by atoms with Gasteiger partial charge in [0.05, 0.1) is 14.2 Å². The van der Waals surface area contributed by atoms with Crippen molar-refractivity contribution in [3.05, 3.63) is 46.5 Å². The molecule has 2 aliphatic rings. The Balaban J connectivity index is 1.89. The highest BCUT2D eigenvalue weighted by Crippen LogP contribution is 2.52. The van der Waals surface area contributed by atoms with Gasteiger partial charge in [-0.3, -0.25) is 4.90 Å². The summed E-state index contributed by atoms with van der Waals surface area (Å²) in [5, 5.41) is 19.9. The van der Waals surface area contributed by atoms with E-state index in [1.165, 1.54) is 11.1 Å². The quantitative estimate of drug-likeness (QED) is 0.808. The molecule has 26 heavy (non-hydrogen) atoms. The Morgan fingerprint density at radius 3 is 2.46 bits per heavy atom. The summed E-state index contributed by atoms with van der Waals surface area (Å²) in [5.74, 6) is 1.45. The third kappa shape index (κ3) is 2.27. The lowest BCUT2D eigenvalue weighted by Crippen LogP contribution is -2.51. The van der Waals surface area contributed by atoms with E-state index in [9.17, 15) is 10.2 Å². The molecule has 2 N–H and O–H groups in total. The number of hydrogen-bond acceptors (Lipinski definition) is 5. The highest BCUT2D eigenvalue weighted by Gasteiger charge is 2.45. The van der Waals surface area contributed by atoms with Gasteiger partial charge in [-0.15, -0.1) is 0 Å². The number of phenols is 2. The average Bonchev–Trinajstić information content (AvgIpc) is 2.61. The maximum absolute atomic E-state index is 10.0. The van der Waals surface area contributed by atoms with Crippen LogP contribution >= 0.6 is 0 Å². The van der Waals surface area contributed by atoms with Crippen molar-refractivity contribution >= 4 is 0 Å². The number of aromatic hydroxyl groups is 2. The van der Waals surface area contributed by atoms with Gasteiger partial charge in [0.2, 0.25) is 0 Å². The summed E-state index contributed by atoms with van der Waals surface area (Å²) in [4.78, 5) is 2.47. The van der Waals surface area contributed by atoms with Gasteiger partial charge in [0, 0.05) is 23.7 Å². The molecule has 138 valence electrons. The Bertz CT molecular complexity index is 875. The molecule has 2 aromatic carbocycles. The minimum Gasteiger partial charge on any atom is -0.504 e. The summed E-state index contributed by atoms with van der Waals surface area (Å²) >= 11 is 0. The van der Waals surface area contributed by atoms with E-state index in [0.29, 0.717) is 0 Å². The Morgan fingerprint density at radius 2 is 1.77 bits per heavy atom. The Kier molecular flexibility index (Phi) is 3.81. The number of nitrogens with zero attached hydrogens (tertiary/aromatic N) is 1. The van der Waals surface area contributed by atoms with Crippen molar-refractivity contribution in [3.8, 4) is 23.0 Å². The van der Waals surface area contributed by atoms with Gasteiger partial charge in [-0.1, -0.05) is 6.07 Å². The Labute approximate surface area is 153 Å². The van der Waals surface area contributed by atoms with Crippen LogP contribution < -0.4 is 9.47 Å². The van der Waals surface area contributed by atoms with E-state index in [1.807, 2.05) is 6.07 Å². The SMILES string of the molecule is COc1ccc2c(c1OC)C(C)(C)N1CCc3cc(O)c(O)cc3C1C2. The fourth-order valence-electron chi connectivity index (χ4n) is 4.78. The monoisotopic (exact) mass is 355 g/mol. The van der Waals surface area contributed by atoms with Gasteiger partial charge in [-0.25, -0.2) is 0 Å². The zero-order valence-electron chi connectivity index (χ0n) is 15.7. The molecule has 2 aromatic rings. The molecule has 4 rings (SSSR count). The predicted molar refractivity (Wildman–Crippen MR) is 99.2 cm³/mol. The second kappa shape index (κ2) is 5.81. The van der Waals surface area contributed by atoms with Crippen LogP contribution in [0.5, 0.6) is 23.0 Å². The average molecular weight is 355 g/mol. The zero-order valence-corrected chi connectivity index (χ0v) is 15.7. The van der Waals surface area contributed by atoms with Crippen LogP contribution in [-0.4, -0.2) is 35.9 Å². The summed E-state index contributed by atoms with van der Waals surface area (Å²) < 4.78 is 11.2. The second-order valence-corrected chi connectivity index (χ2v) is 7.60. The fourth-order valence-corrected chi connectivity index (χ4v) is 4.78. The number of rotatable bonds is 2. The molecule has 0 amide bonds. The van der Waals surface area contributed by atoms with E-state index < -0.39 is 0 Å². The van der Waals surface area contributed by atoms with Gasteiger partial charge >= 0.3 is 0 Å². The van der Waals surface area contributed by atoms with Crippen molar-refractivity contribution in [3.63, 3.8) is 0 Å². The zero-order chi connectivity index (χ0) is 18.6. The molecule has 0 bridgehead atoms. The number of benzene rings is 2. The van der Waals surface area contributed by atoms with Gasteiger partial charge < -0.3 is 19.7 Å². The molecule has 1 atom stereocenters. The highest BCUT2D eigenvalue weighted by molar-refractivity contribution is 5.57. The van der Waals surface area contributed by atoms with Gasteiger partial charge in [-0.2, -0.15) is 0 Å². The first-order chi connectivity index (χ1) is 12.4. The topological polar surface area (TPSA) is 62.2 Å². The van der Waals surface area contributed by atoms with Crippen molar-refractivity contribution < 1.29 is 19.7 Å². The van der Waals surface area contributed by atoms with Crippen LogP contribution in [0, 0.1) is 0 Å². The van der Waals surface area contributed by atoms with Crippen molar-refractivity contribution in [2.75, 3.05) is 20.8 Å². The summed E-state index contributed by atoms with van der Waals surface area (Å²) in [6.07, 6.45) is 1.67. The summed E-state index contributed by atoms with van der Waals surface area (Å²) in [5.41, 5.74) is 4.36. The first kappa shape index (κ1) is 17.0. The van der Waals surface area contributed by atoms with Crippen LogP contribution in [0.2, 0.25) is 0 Å². The number of fused-ring (bicyclic) bond motifs is 4. The number of ether oxygens (including phenoxy) is 2. The molecule has 5 heteroatoms. The molecule has 1 unspecified atom stereocenters. The largest absolute Gasteiger partial charge is 0.504 e. The lowest BCUT2D eigenvalue weighted by molar-refractivity contribution is 0.0409. The molecule has 0 fully saturated rings. The van der Waals surface area contributed by atoms with Crippen LogP contribution in [0.4, 0.5) is 0 Å². The molecule has 0 saturated heterocycles. The Morgan fingerprint density at radius 1 is 1.04 bits per heavy atom. The van der Waals surface area contributed by atoms with Gasteiger partial charge in [0.15, 0.2) is 23.0 Å². The molecule has 0 saturated carbocycles. The number of phenolic OH excluding ortho intramolecular Hbond substituents is 2. The normalized spacial score (nSPS) is 20.7. The van der Waals surface area contributed by atoms with E-state index in [-0.39, 0.29) is 23.1 Å². The third-order valence-corrected chi connectivity index (χ3v) is 5.97. The summed E-state index contributed by atoms with van der Waals surface area (Å²) in [7, 11) is 3.35. The molecule has 0 aromatic heterocycles. The van der Waals surface area contributed by atoms with E-state index in [0.717, 1.165) is 42.0 Å². The molecule has 0 spiro atoms. The molecule has 0 radical (unpaired) electrons. The van der Waals surface area contributed by atoms with Crippen LogP contribution in [0.1, 0.15) is 42.1 Å². The van der Waals surface area contributed by atoms with Crippen LogP contribution in [0.15, 0.2) is 24.3 Å². The fraction of sp³-hybridized carbons (Fsp3) is 0.429. The maximum atomic E-state index is 10.0. The summed E-state index contributed by atoms with van der Waals surface area (Å²) in [6, 6.07) is 7.67. The van der Waals surface area contributed by atoms with Crippen molar-refractivity contribution in [1.29, 1.82) is 0 Å². The van der Waals surface area contributed by atoms with Gasteiger partial charge in [-0.05, 0) is 61.6 Å². The highest BCUT2D eigenvalue weighted by atomic mass is 16.5. The lowest BCUT2D eigenvalue weighted by atomic mass is 9.75. The number of hydrogen-bond donors (Lipinski definition) is 2. The smallest absolute Gasteiger partial charge is 0.166 e. The molecule has 2 heterocycles. The van der Waals surface area contributed by atoms with Gasteiger partial charge in [0.1, 0.15) is 0 Å². The van der Waals surface area contributed by atoms with E-state index >= 15 is 0 Å². The molecule has 0 aliphatic carbocycles. The van der Waals surface area contributed by atoms with Crippen molar-refractivity contribution in [2.24, 2.45) is 0 Å². The van der Waals surface area contributed by atoms with E-state index in [1.54, 1.807) is 26.4 Å². The molecule has 5 nitrogen and oxygen atoms in total. The Hall–Kier alpha value is -2.40. The summed E-state index contributed by atoms with van der Waals surface area (Å²) in [6.45, 7) is 5.31. The first-order valence-corrected chi connectivity index (χ1v) is 8.94. The van der Waals surface area contributed by atoms with Crippen LogP contribution in [0.3, 0.4) is 0 Å². The molecular formula is C21H25NO4. The van der Waals surface area contributed by atoms with Crippen LogP contribution in [-0.2, 0) is 18.4 Å². The van der Waals surface area contributed by atoms with E-state index in [2.05, 4.69) is 24.8 Å². The minimum atomic E-state index is -0.247. The first-order valence-electron chi connectivity index (χ1n) is 8.94. The third-order valence-electron chi connectivity index (χ3n) is 5.97. The standard InChI is InChI=1S/C21H25NO4/c1-21(2)19-13(5-6-18(25-3)20(19)26-4)9-15-14-11-17(24)16(23)10-12(14)7-8-22(15)21/h5-6,10-11,15,23-24H,7-9H2,1-4H3. The number of methoxy groups -OCH3 is 2. The van der Waals surface area contributed by atoms with E-state index in [4.69, 9.17) is 9.47 Å². The lowest BCUT2D eigenvalue weighted by Gasteiger charge is -2.52. The maximum Gasteiger partial charge on any atom is 0.166 e. The second-order valence-electron chi connectivity index (χ2n) is 7.60. The van der Waals surface area contributed by atoms with Gasteiger partial charge in [0.25, 0.3) is 0 Å². The predicted octanol–water partition coefficient (Wildman–Crippen LogP) is 3.51. The van der Waals surface area contributed by atoms with Crippen molar-refractivity contribution in [1.82, 2.24) is 4.90 Å². The minimum absolute atomic E-state index is 0.0425. The molecular weight excluding hydrogens is 330 g/mol. The molecule has 2 aliphatic heterocycles. The van der Waals surface area contributed by atoms with Crippen molar-refractivity contribution in [2.45, 2.75) is 38.3 Å². The van der Waals surface area contributed by atoms with Crippen LogP contribution in [0.25, 0.3) is 0 Å².